The summed E-state index contributed by atoms with van der Waals surface area (Å²) in [6.45, 7) is 5.37. The first-order chi connectivity index (χ1) is 5.07. The van der Waals surface area contributed by atoms with Gasteiger partial charge in [-0.3, -0.25) is 0 Å². The van der Waals surface area contributed by atoms with Crippen molar-refractivity contribution in [3.05, 3.63) is 0 Å². The third kappa shape index (κ3) is 3.41. The highest BCUT2D eigenvalue weighted by Gasteiger charge is 2.34. The Hall–Kier alpha value is 0.390. The van der Waals surface area contributed by atoms with Gasteiger partial charge in [0.1, 0.15) is 4.16 Å². The summed E-state index contributed by atoms with van der Waals surface area (Å²) in [5.74, 6) is 0. The van der Waals surface area contributed by atoms with Crippen LogP contribution in [0.2, 0.25) is 0 Å². The van der Waals surface area contributed by atoms with Gasteiger partial charge in [0.2, 0.25) is 0 Å². The maximum Gasteiger partial charge on any atom is 0.162 e. The van der Waals surface area contributed by atoms with E-state index in [1.165, 1.54) is 0 Å². The van der Waals surface area contributed by atoms with Gasteiger partial charge < -0.3 is 5.11 Å². The van der Waals surface area contributed by atoms with E-state index in [9.17, 15) is 13.5 Å². The van der Waals surface area contributed by atoms with Crippen LogP contribution in [0.5, 0.6) is 0 Å². The third-order valence-electron chi connectivity index (χ3n) is 1.54. The van der Waals surface area contributed by atoms with Gasteiger partial charge in [-0.2, -0.15) is 0 Å². The highest BCUT2D eigenvalue weighted by molar-refractivity contribution is 9.11. The molecule has 2 unspecified atom stereocenters. The number of aliphatic hydroxyl groups is 1. The molecular weight excluding hydrogens is 244 g/mol. The molecule has 0 rings (SSSR count). The summed E-state index contributed by atoms with van der Waals surface area (Å²) in [4.78, 5) is 0. The maximum absolute atomic E-state index is 11.0. The smallest absolute Gasteiger partial charge is 0.162 e. The lowest BCUT2D eigenvalue weighted by atomic mass is 9.90. The second-order valence-electron chi connectivity index (χ2n) is 3.99. The normalized spacial score (nSPS) is 18.8. The molecule has 0 amide bonds. The van der Waals surface area contributed by atoms with Crippen molar-refractivity contribution in [2.75, 3.05) is 6.26 Å². The van der Waals surface area contributed by atoms with E-state index in [1.807, 2.05) is 0 Å². The maximum atomic E-state index is 11.0. The van der Waals surface area contributed by atoms with Gasteiger partial charge in [0.25, 0.3) is 0 Å². The fourth-order valence-corrected chi connectivity index (χ4v) is 2.30. The van der Waals surface area contributed by atoms with E-state index in [0.29, 0.717) is 0 Å². The van der Waals surface area contributed by atoms with E-state index >= 15 is 0 Å². The number of sulfone groups is 1. The molecule has 0 aromatic carbocycles. The summed E-state index contributed by atoms with van der Waals surface area (Å²) in [6.07, 6.45) is 0.203. The van der Waals surface area contributed by atoms with Crippen molar-refractivity contribution >= 4 is 25.8 Å². The second-order valence-corrected chi connectivity index (χ2v) is 7.75. The second kappa shape index (κ2) is 3.64. The summed E-state index contributed by atoms with van der Waals surface area (Å²) < 4.78 is 21.1. The summed E-state index contributed by atoms with van der Waals surface area (Å²) in [5, 5.41) is 9.56. The molecule has 2 atom stereocenters. The predicted molar refractivity (Wildman–Crippen MR) is 53.0 cm³/mol. The van der Waals surface area contributed by atoms with Crippen molar-refractivity contribution in [1.82, 2.24) is 0 Å². The molecule has 3 nitrogen and oxygen atoms in total. The van der Waals surface area contributed by atoms with Crippen LogP contribution in [-0.2, 0) is 9.84 Å². The van der Waals surface area contributed by atoms with Crippen LogP contribution in [-0.4, -0.2) is 30.0 Å². The van der Waals surface area contributed by atoms with Crippen LogP contribution >= 0.6 is 15.9 Å². The Balaban J connectivity index is 4.64. The molecule has 0 aromatic heterocycles. The fraction of sp³-hybridized carbons (Fsp3) is 1.00. The molecule has 0 spiro atoms. The van der Waals surface area contributed by atoms with E-state index in [4.69, 9.17) is 0 Å². The van der Waals surface area contributed by atoms with Crippen LogP contribution in [0.4, 0.5) is 0 Å². The molecule has 0 aliphatic carbocycles. The van der Waals surface area contributed by atoms with Crippen molar-refractivity contribution < 1.29 is 13.5 Å². The molecule has 0 fully saturated rings. The van der Waals surface area contributed by atoms with E-state index < -0.39 is 25.5 Å². The van der Waals surface area contributed by atoms with Crippen molar-refractivity contribution in [2.45, 2.75) is 31.0 Å². The van der Waals surface area contributed by atoms with Gasteiger partial charge in [0.05, 0.1) is 6.10 Å². The van der Waals surface area contributed by atoms with E-state index in [0.717, 1.165) is 6.26 Å². The number of alkyl halides is 1. The van der Waals surface area contributed by atoms with Crippen molar-refractivity contribution in [3.63, 3.8) is 0 Å². The van der Waals surface area contributed by atoms with Gasteiger partial charge in [-0.05, 0) is 5.41 Å². The molecule has 1 N–H and O–H groups in total. The lowest BCUT2D eigenvalue weighted by Crippen LogP contribution is -2.38. The van der Waals surface area contributed by atoms with Crippen LogP contribution in [0.3, 0.4) is 0 Å². The molecule has 0 heterocycles. The summed E-state index contributed by atoms with van der Waals surface area (Å²) >= 11 is 2.96. The Morgan fingerprint density at radius 1 is 1.33 bits per heavy atom. The molecule has 0 aliphatic heterocycles. The van der Waals surface area contributed by atoms with Crippen LogP contribution in [0.15, 0.2) is 0 Å². The number of hydrogen-bond donors (Lipinski definition) is 1. The standard InChI is InChI=1S/C7H15BrO3S/c1-7(2,3)5(9)6(8)12(4,10)11/h5-6,9H,1-4H3. The Morgan fingerprint density at radius 3 is 1.75 bits per heavy atom. The van der Waals surface area contributed by atoms with Gasteiger partial charge in [0, 0.05) is 6.26 Å². The number of hydrogen-bond acceptors (Lipinski definition) is 3. The molecule has 74 valence electrons. The zero-order valence-electron chi connectivity index (χ0n) is 7.70. The first-order valence-corrected chi connectivity index (χ1v) is 6.45. The molecule has 0 aliphatic rings. The van der Waals surface area contributed by atoms with Crippen LogP contribution < -0.4 is 0 Å². The minimum Gasteiger partial charge on any atom is -0.390 e. The number of halogens is 1. The Labute approximate surface area is 82.2 Å². The Bertz CT molecular complexity index is 240. The van der Waals surface area contributed by atoms with E-state index in [1.54, 1.807) is 20.8 Å². The molecular formula is C7H15BrO3S. The average molecular weight is 259 g/mol. The topological polar surface area (TPSA) is 54.4 Å². The zero-order chi connectivity index (χ0) is 10.2. The molecule has 12 heavy (non-hydrogen) atoms. The molecule has 5 heteroatoms. The third-order valence-corrected chi connectivity index (χ3v) is 5.16. The lowest BCUT2D eigenvalue weighted by Gasteiger charge is -2.28. The van der Waals surface area contributed by atoms with Gasteiger partial charge in [0.15, 0.2) is 9.84 Å². The quantitative estimate of drug-likeness (QED) is 0.757. The number of aliphatic hydroxyl groups excluding tert-OH is 1. The Kier molecular flexibility index (Phi) is 3.75. The summed E-state index contributed by atoms with van der Waals surface area (Å²) in [6, 6.07) is 0. The van der Waals surface area contributed by atoms with Gasteiger partial charge in [-0.25, -0.2) is 8.42 Å². The largest absolute Gasteiger partial charge is 0.390 e. The Morgan fingerprint density at radius 2 is 1.67 bits per heavy atom. The van der Waals surface area contributed by atoms with Gasteiger partial charge >= 0.3 is 0 Å². The summed E-state index contributed by atoms with van der Waals surface area (Å²) in [7, 11) is -3.22. The zero-order valence-corrected chi connectivity index (χ0v) is 10.1. The van der Waals surface area contributed by atoms with Crippen LogP contribution in [0.1, 0.15) is 20.8 Å². The molecule has 0 bridgehead atoms. The fourth-order valence-electron chi connectivity index (χ4n) is 0.627. The molecule has 0 aromatic rings. The van der Waals surface area contributed by atoms with Crippen molar-refractivity contribution in [3.8, 4) is 0 Å². The first kappa shape index (κ1) is 12.4. The lowest BCUT2D eigenvalue weighted by molar-refractivity contribution is 0.0773. The first-order valence-electron chi connectivity index (χ1n) is 3.58. The molecule has 0 radical (unpaired) electrons. The highest BCUT2D eigenvalue weighted by atomic mass is 79.9. The van der Waals surface area contributed by atoms with Gasteiger partial charge in [-0.15, -0.1) is 0 Å². The minimum absolute atomic E-state index is 0.433. The average Bonchev–Trinajstić information content (AvgIpc) is 1.80. The van der Waals surface area contributed by atoms with Crippen LogP contribution in [0, 0.1) is 5.41 Å². The molecule has 0 saturated carbocycles. The van der Waals surface area contributed by atoms with Crippen molar-refractivity contribution in [1.29, 1.82) is 0 Å². The minimum atomic E-state index is -3.22. The summed E-state index contributed by atoms with van der Waals surface area (Å²) in [5.41, 5.74) is -0.433. The molecule has 0 saturated heterocycles. The van der Waals surface area contributed by atoms with Crippen molar-refractivity contribution in [2.24, 2.45) is 5.41 Å². The monoisotopic (exact) mass is 258 g/mol. The van der Waals surface area contributed by atoms with Gasteiger partial charge in [-0.1, -0.05) is 36.7 Å². The van der Waals surface area contributed by atoms with Crippen LogP contribution in [0.25, 0.3) is 0 Å². The highest BCUT2D eigenvalue weighted by Crippen LogP contribution is 2.27. The number of rotatable bonds is 2. The van der Waals surface area contributed by atoms with E-state index in [2.05, 4.69) is 15.9 Å². The predicted octanol–water partition coefficient (Wildman–Crippen LogP) is 1.16. The van der Waals surface area contributed by atoms with E-state index in [-0.39, 0.29) is 0 Å². The SMILES string of the molecule is CC(C)(C)C(O)C(Br)S(C)(=O)=O.